The monoisotopic (exact) mass is 511 g/mol. The zero-order valence-corrected chi connectivity index (χ0v) is 21.8. The fourth-order valence-electron chi connectivity index (χ4n) is 4.91. The van der Waals surface area contributed by atoms with Gasteiger partial charge in [0.05, 0.1) is 0 Å². The SMILES string of the molecule is Cc1cc(-c2ccccc2Cc2nc(=O)c(OCc3ccccc3)c3n2CCN(C(C)C)C3=O)ccc1F. The minimum absolute atomic E-state index is 0.0182. The lowest BCUT2D eigenvalue weighted by molar-refractivity contribution is 0.0634. The Kier molecular flexibility index (Phi) is 7.09. The molecule has 7 heteroatoms. The summed E-state index contributed by atoms with van der Waals surface area (Å²) in [5.74, 6) is -0.0131. The molecule has 1 aliphatic heterocycles. The number of carbonyl (C=O) groups excluding carboxylic acids is 1. The molecule has 0 radical (unpaired) electrons. The molecule has 6 nitrogen and oxygen atoms in total. The third-order valence-corrected chi connectivity index (χ3v) is 6.93. The highest BCUT2D eigenvalue weighted by Gasteiger charge is 2.33. The van der Waals surface area contributed by atoms with Crippen molar-refractivity contribution in [3.05, 3.63) is 117 Å². The van der Waals surface area contributed by atoms with Crippen LogP contribution >= 0.6 is 0 Å². The standard InChI is InChI=1S/C31H30FN3O3/c1-20(2)34-15-16-35-27(18-23-11-7-8-12-25(23)24-13-14-26(32)21(3)17-24)33-30(36)29(28(35)31(34)37)38-19-22-9-5-4-6-10-22/h4-14,17,20H,15-16,18-19H2,1-3H3. The van der Waals surface area contributed by atoms with Crippen LogP contribution in [-0.4, -0.2) is 32.9 Å². The number of amides is 1. The van der Waals surface area contributed by atoms with E-state index in [1.54, 1.807) is 17.9 Å². The van der Waals surface area contributed by atoms with E-state index in [2.05, 4.69) is 4.98 Å². The van der Waals surface area contributed by atoms with E-state index in [-0.39, 0.29) is 35.8 Å². The second kappa shape index (κ2) is 10.6. The van der Waals surface area contributed by atoms with Gasteiger partial charge >= 0.3 is 5.56 Å². The van der Waals surface area contributed by atoms with Crippen molar-refractivity contribution in [2.75, 3.05) is 6.54 Å². The summed E-state index contributed by atoms with van der Waals surface area (Å²) in [7, 11) is 0. The van der Waals surface area contributed by atoms with Gasteiger partial charge in [0.2, 0.25) is 5.75 Å². The van der Waals surface area contributed by atoms with Crippen LogP contribution in [0.5, 0.6) is 5.75 Å². The molecule has 3 aromatic carbocycles. The van der Waals surface area contributed by atoms with Gasteiger partial charge in [0.1, 0.15) is 18.2 Å². The van der Waals surface area contributed by atoms with Crippen molar-refractivity contribution in [3.63, 3.8) is 0 Å². The zero-order chi connectivity index (χ0) is 26.8. The van der Waals surface area contributed by atoms with Gasteiger partial charge in [0.15, 0.2) is 5.69 Å². The normalized spacial score (nSPS) is 13.1. The molecule has 5 rings (SSSR count). The molecule has 0 saturated heterocycles. The van der Waals surface area contributed by atoms with Gasteiger partial charge in [-0.25, -0.2) is 4.39 Å². The van der Waals surface area contributed by atoms with Gasteiger partial charge in [-0.15, -0.1) is 0 Å². The third kappa shape index (κ3) is 4.96. The fourth-order valence-corrected chi connectivity index (χ4v) is 4.91. The summed E-state index contributed by atoms with van der Waals surface area (Å²) in [6.45, 7) is 6.82. The maximum absolute atomic E-state index is 13.9. The predicted octanol–water partition coefficient (Wildman–Crippen LogP) is 5.39. The first-order chi connectivity index (χ1) is 18.3. The number of fused-ring (bicyclic) bond motifs is 1. The second-order valence-corrected chi connectivity index (χ2v) is 9.83. The first kappa shape index (κ1) is 25.4. The van der Waals surface area contributed by atoms with Gasteiger partial charge in [0, 0.05) is 25.6 Å². The van der Waals surface area contributed by atoms with Gasteiger partial charge < -0.3 is 14.2 Å². The number of carbonyl (C=O) groups is 1. The number of ether oxygens (including phenoxy) is 1. The Bertz CT molecular complexity index is 1550. The van der Waals surface area contributed by atoms with E-state index in [9.17, 15) is 14.0 Å². The summed E-state index contributed by atoms with van der Waals surface area (Å²) in [5.41, 5.74) is 3.87. The molecule has 0 spiro atoms. The molecular weight excluding hydrogens is 481 g/mol. The summed E-state index contributed by atoms with van der Waals surface area (Å²) >= 11 is 0. The molecule has 194 valence electrons. The van der Waals surface area contributed by atoms with Gasteiger partial charge in [0.25, 0.3) is 5.91 Å². The number of aromatic nitrogens is 2. The highest BCUT2D eigenvalue weighted by atomic mass is 19.1. The van der Waals surface area contributed by atoms with Crippen LogP contribution in [0, 0.1) is 12.7 Å². The maximum Gasteiger partial charge on any atom is 0.316 e. The van der Waals surface area contributed by atoms with E-state index in [0.29, 0.717) is 30.9 Å². The number of rotatable bonds is 7. The number of hydrogen-bond donors (Lipinski definition) is 0. The van der Waals surface area contributed by atoms with Crippen LogP contribution in [-0.2, 0) is 19.6 Å². The lowest BCUT2D eigenvalue weighted by Gasteiger charge is -2.34. The summed E-state index contributed by atoms with van der Waals surface area (Å²) < 4.78 is 21.7. The molecule has 0 atom stereocenters. The Morgan fingerprint density at radius 2 is 1.71 bits per heavy atom. The van der Waals surface area contributed by atoms with Crippen LogP contribution in [0.2, 0.25) is 0 Å². The molecular formula is C31H30FN3O3. The number of nitrogens with zero attached hydrogens (tertiary/aromatic N) is 3. The van der Waals surface area contributed by atoms with Crippen molar-refractivity contribution in [2.24, 2.45) is 0 Å². The number of aryl methyl sites for hydroxylation is 1. The molecule has 0 fully saturated rings. The highest BCUT2D eigenvalue weighted by molar-refractivity contribution is 5.96. The molecule has 0 aliphatic carbocycles. The Hall–Kier alpha value is -4.26. The smallest absolute Gasteiger partial charge is 0.316 e. The largest absolute Gasteiger partial charge is 0.481 e. The molecule has 1 amide bonds. The van der Waals surface area contributed by atoms with E-state index in [1.807, 2.05) is 79.1 Å². The van der Waals surface area contributed by atoms with Gasteiger partial charge in [-0.05, 0) is 60.7 Å². The summed E-state index contributed by atoms with van der Waals surface area (Å²) in [6, 6.07) is 22.3. The van der Waals surface area contributed by atoms with Crippen LogP contribution in [0.4, 0.5) is 4.39 Å². The number of hydrogen-bond acceptors (Lipinski definition) is 4. The Labute approximate surface area is 221 Å². The van der Waals surface area contributed by atoms with E-state index < -0.39 is 5.56 Å². The molecule has 0 saturated carbocycles. The molecule has 0 N–H and O–H groups in total. The molecule has 2 heterocycles. The lowest BCUT2D eigenvalue weighted by atomic mass is 9.96. The predicted molar refractivity (Wildman–Crippen MR) is 145 cm³/mol. The third-order valence-electron chi connectivity index (χ3n) is 6.93. The van der Waals surface area contributed by atoms with E-state index in [0.717, 1.165) is 22.3 Å². The van der Waals surface area contributed by atoms with Crippen LogP contribution < -0.4 is 10.3 Å². The minimum atomic E-state index is -0.559. The highest BCUT2D eigenvalue weighted by Crippen LogP contribution is 2.29. The van der Waals surface area contributed by atoms with Crippen molar-refractivity contribution >= 4 is 5.91 Å². The van der Waals surface area contributed by atoms with Gasteiger partial charge in [-0.3, -0.25) is 9.59 Å². The molecule has 0 unspecified atom stereocenters. The lowest BCUT2D eigenvalue weighted by Crippen LogP contribution is -2.46. The van der Waals surface area contributed by atoms with Crippen molar-refractivity contribution in [3.8, 4) is 16.9 Å². The average Bonchev–Trinajstić information content (AvgIpc) is 2.91. The van der Waals surface area contributed by atoms with Crippen LogP contribution in [0.15, 0.2) is 77.6 Å². The van der Waals surface area contributed by atoms with Crippen molar-refractivity contribution in [1.29, 1.82) is 0 Å². The average molecular weight is 512 g/mol. The Morgan fingerprint density at radius 3 is 2.45 bits per heavy atom. The first-order valence-electron chi connectivity index (χ1n) is 12.8. The fraction of sp³-hybridized carbons (Fsp3) is 0.258. The van der Waals surface area contributed by atoms with Crippen LogP contribution in [0.25, 0.3) is 11.1 Å². The van der Waals surface area contributed by atoms with Gasteiger partial charge in [-0.1, -0.05) is 60.7 Å². The van der Waals surface area contributed by atoms with E-state index >= 15 is 0 Å². The zero-order valence-electron chi connectivity index (χ0n) is 21.8. The van der Waals surface area contributed by atoms with Crippen LogP contribution in [0.3, 0.4) is 0 Å². The summed E-state index contributed by atoms with van der Waals surface area (Å²) in [4.78, 5) is 33.1. The topological polar surface area (TPSA) is 64.4 Å². The maximum atomic E-state index is 13.9. The quantitative estimate of drug-likeness (QED) is 0.334. The first-order valence-corrected chi connectivity index (χ1v) is 12.8. The van der Waals surface area contributed by atoms with Crippen LogP contribution in [0.1, 0.15) is 46.9 Å². The Balaban J connectivity index is 1.58. The van der Waals surface area contributed by atoms with Crippen molar-refractivity contribution in [1.82, 2.24) is 14.5 Å². The Morgan fingerprint density at radius 1 is 0.974 bits per heavy atom. The number of benzene rings is 3. The van der Waals surface area contributed by atoms with E-state index in [1.165, 1.54) is 6.07 Å². The van der Waals surface area contributed by atoms with Gasteiger partial charge in [-0.2, -0.15) is 4.98 Å². The molecule has 1 aliphatic rings. The van der Waals surface area contributed by atoms with E-state index in [4.69, 9.17) is 4.74 Å². The second-order valence-electron chi connectivity index (χ2n) is 9.83. The molecule has 1 aromatic heterocycles. The minimum Gasteiger partial charge on any atom is -0.481 e. The summed E-state index contributed by atoms with van der Waals surface area (Å²) in [6.07, 6.45) is 0.336. The molecule has 0 bridgehead atoms. The number of halogens is 1. The summed E-state index contributed by atoms with van der Waals surface area (Å²) in [5, 5.41) is 0. The van der Waals surface area contributed by atoms with Crippen molar-refractivity contribution < 1.29 is 13.9 Å². The molecule has 4 aromatic rings. The van der Waals surface area contributed by atoms with Crippen molar-refractivity contribution in [2.45, 2.75) is 46.4 Å². The molecule has 38 heavy (non-hydrogen) atoms.